The average Bonchev–Trinajstić information content (AvgIpc) is 2.57. The van der Waals surface area contributed by atoms with E-state index in [1.807, 2.05) is 11.8 Å². The second kappa shape index (κ2) is 5.53. The number of nitrogens with zero attached hydrogens (tertiary/aromatic N) is 1. The largest absolute Gasteiger partial charge is 0.396 e. The molecule has 1 unspecified atom stereocenters. The van der Waals surface area contributed by atoms with Crippen LogP contribution in [0.2, 0.25) is 0 Å². The maximum absolute atomic E-state index is 9.51. The lowest BCUT2D eigenvalue weighted by atomic mass is 9.87. The minimum absolute atomic E-state index is 0.0367. The number of rotatable bonds is 3. The average molecular weight is 231 g/mol. The fourth-order valence-electron chi connectivity index (χ4n) is 2.38. The van der Waals surface area contributed by atoms with Gasteiger partial charge < -0.3 is 14.7 Å². The van der Waals surface area contributed by atoms with Crippen LogP contribution in [0.4, 0.5) is 0 Å². The number of ether oxygens (including phenoxy) is 1. The van der Waals surface area contributed by atoms with Gasteiger partial charge in [0.1, 0.15) is 0 Å². The van der Waals surface area contributed by atoms with E-state index < -0.39 is 0 Å². The van der Waals surface area contributed by atoms with Crippen molar-refractivity contribution in [1.29, 1.82) is 0 Å². The molecule has 3 nitrogen and oxygen atoms in total. The molecule has 88 valence electrons. The molecule has 0 bridgehead atoms. The fourth-order valence-corrected chi connectivity index (χ4v) is 3.30. The summed E-state index contributed by atoms with van der Waals surface area (Å²) in [6, 6.07) is 0. The van der Waals surface area contributed by atoms with E-state index in [-0.39, 0.29) is 12.0 Å². The molecule has 15 heavy (non-hydrogen) atoms. The first kappa shape index (κ1) is 11.7. The fraction of sp³-hybridized carbons (Fsp3) is 1.00. The summed E-state index contributed by atoms with van der Waals surface area (Å²) in [6.45, 7) is 5.22. The Kier molecular flexibility index (Phi) is 4.31. The lowest BCUT2D eigenvalue weighted by Gasteiger charge is -2.31. The highest BCUT2D eigenvalue weighted by atomic mass is 32.2. The zero-order valence-electron chi connectivity index (χ0n) is 9.28. The third-order valence-corrected chi connectivity index (χ3v) is 4.44. The van der Waals surface area contributed by atoms with Crippen molar-refractivity contribution < 1.29 is 9.84 Å². The Morgan fingerprint density at radius 1 is 1.33 bits per heavy atom. The summed E-state index contributed by atoms with van der Waals surface area (Å²) in [7, 11) is 0. The van der Waals surface area contributed by atoms with Crippen LogP contribution in [-0.2, 0) is 4.74 Å². The minimum Gasteiger partial charge on any atom is -0.396 e. The molecule has 1 N–H and O–H groups in total. The highest BCUT2D eigenvalue weighted by molar-refractivity contribution is 7.99. The van der Waals surface area contributed by atoms with Crippen molar-refractivity contribution in [3.05, 3.63) is 0 Å². The highest BCUT2D eigenvalue weighted by Gasteiger charge is 2.36. The van der Waals surface area contributed by atoms with E-state index in [1.165, 1.54) is 31.0 Å². The van der Waals surface area contributed by atoms with Crippen LogP contribution >= 0.6 is 11.8 Å². The molecule has 2 rings (SSSR count). The first-order valence-corrected chi connectivity index (χ1v) is 6.99. The Labute approximate surface area is 96.2 Å². The Balaban J connectivity index is 1.87. The Hall–Kier alpha value is 0.230. The summed E-state index contributed by atoms with van der Waals surface area (Å²) in [5.41, 5.74) is 0.0367. The van der Waals surface area contributed by atoms with Crippen LogP contribution in [0.1, 0.15) is 12.8 Å². The smallest absolute Gasteiger partial charge is 0.0557 e. The van der Waals surface area contributed by atoms with Crippen LogP contribution in [-0.4, -0.2) is 61.0 Å². The van der Waals surface area contributed by atoms with Crippen molar-refractivity contribution in [3.8, 4) is 0 Å². The van der Waals surface area contributed by atoms with E-state index in [0.29, 0.717) is 0 Å². The molecule has 2 saturated heterocycles. The molecule has 2 fully saturated rings. The molecule has 4 heteroatoms. The molecule has 0 aromatic carbocycles. The van der Waals surface area contributed by atoms with Gasteiger partial charge in [-0.2, -0.15) is 11.8 Å². The highest BCUT2D eigenvalue weighted by Crippen LogP contribution is 2.29. The molecule has 0 spiro atoms. The zero-order chi connectivity index (χ0) is 10.6. The Morgan fingerprint density at radius 3 is 3.00 bits per heavy atom. The zero-order valence-corrected chi connectivity index (χ0v) is 10.1. The number of aliphatic hydroxyl groups excluding tert-OH is 1. The molecule has 0 aromatic rings. The van der Waals surface area contributed by atoms with E-state index in [4.69, 9.17) is 4.74 Å². The summed E-state index contributed by atoms with van der Waals surface area (Å²) < 4.78 is 5.43. The molecule has 0 aliphatic carbocycles. The monoisotopic (exact) mass is 231 g/mol. The lowest BCUT2D eigenvalue weighted by molar-refractivity contribution is 0.0591. The van der Waals surface area contributed by atoms with Crippen LogP contribution < -0.4 is 0 Å². The molecular formula is C11H21NO2S. The van der Waals surface area contributed by atoms with Crippen LogP contribution in [0, 0.1) is 5.41 Å². The molecular weight excluding hydrogens is 210 g/mol. The van der Waals surface area contributed by atoms with Gasteiger partial charge in [0.05, 0.1) is 13.2 Å². The quantitative estimate of drug-likeness (QED) is 0.780. The maximum atomic E-state index is 9.51. The van der Waals surface area contributed by atoms with Gasteiger partial charge in [-0.3, -0.25) is 0 Å². The van der Waals surface area contributed by atoms with Gasteiger partial charge in [-0.05, 0) is 25.1 Å². The topological polar surface area (TPSA) is 32.7 Å². The van der Waals surface area contributed by atoms with Crippen molar-refractivity contribution in [2.75, 3.05) is 51.0 Å². The number of hydrogen-bond donors (Lipinski definition) is 1. The molecule has 0 saturated carbocycles. The van der Waals surface area contributed by atoms with Crippen molar-refractivity contribution >= 4 is 11.8 Å². The van der Waals surface area contributed by atoms with Gasteiger partial charge in [-0.25, -0.2) is 0 Å². The number of aliphatic hydroxyl groups is 1. The number of thioether (sulfide) groups is 1. The normalized spacial score (nSPS) is 34.2. The first-order valence-electron chi connectivity index (χ1n) is 5.83. The van der Waals surface area contributed by atoms with Gasteiger partial charge in [-0.15, -0.1) is 0 Å². The molecule has 0 radical (unpaired) electrons. The van der Waals surface area contributed by atoms with Crippen molar-refractivity contribution in [3.63, 3.8) is 0 Å². The van der Waals surface area contributed by atoms with Crippen LogP contribution in [0.3, 0.4) is 0 Å². The van der Waals surface area contributed by atoms with Crippen molar-refractivity contribution in [2.45, 2.75) is 12.8 Å². The van der Waals surface area contributed by atoms with E-state index in [2.05, 4.69) is 4.90 Å². The van der Waals surface area contributed by atoms with Gasteiger partial charge in [0.2, 0.25) is 0 Å². The van der Waals surface area contributed by atoms with E-state index in [9.17, 15) is 5.11 Å². The molecule has 2 aliphatic heterocycles. The standard InChI is InChI=1S/C11H21NO2S/c13-9-11(2-5-14-10-11)8-12-3-1-6-15-7-4-12/h13H,1-10H2. The molecule has 0 amide bonds. The molecule has 0 aromatic heterocycles. The summed E-state index contributed by atoms with van der Waals surface area (Å²) in [4.78, 5) is 2.50. The second-order valence-corrected chi connectivity index (χ2v) is 5.93. The van der Waals surface area contributed by atoms with Gasteiger partial charge >= 0.3 is 0 Å². The first-order chi connectivity index (χ1) is 7.35. The predicted molar refractivity (Wildman–Crippen MR) is 63.3 cm³/mol. The van der Waals surface area contributed by atoms with Crippen LogP contribution in [0.25, 0.3) is 0 Å². The van der Waals surface area contributed by atoms with Crippen LogP contribution in [0.15, 0.2) is 0 Å². The van der Waals surface area contributed by atoms with Crippen molar-refractivity contribution in [1.82, 2.24) is 4.90 Å². The third kappa shape index (κ3) is 3.09. The molecule has 2 aliphatic rings. The van der Waals surface area contributed by atoms with Gasteiger partial charge in [0.15, 0.2) is 0 Å². The lowest BCUT2D eigenvalue weighted by Crippen LogP contribution is -2.41. The second-order valence-electron chi connectivity index (χ2n) is 4.70. The van der Waals surface area contributed by atoms with E-state index in [1.54, 1.807) is 0 Å². The number of hydrogen-bond acceptors (Lipinski definition) is 4. The van der Waals surface area contributed by atoms with Gasteiger partial charge in [0.25, 0.3) is 0 Å². The van der Waals surface area contributed by atoms with Gasteiger partial charge in [-0.1, -0.05) is 0 Å². The van der Waals surface area contributed by atoms with Crippen molar-refractivity contribution in [2.24, 2.45) is 5.41 Å². The summed E-state index contributed by atoms with van der Waals surface area (Å²) in [6.07, 6.45) is 2.31. The predicted octanol–water partition coefficient (Wildman–Crippen LogP) is 0.824. The van der Waals surface area contributed by atoms with Crippen LogP contribution in [0.5, 0.6) is 0 Å². The van der Waals surface area contributed by atoms with Gasteiger partial charge in [0, 0.05) is 30.9 Å². The SMILES string of the molecule is OCC1(CN2CCCSCC2)CCOC1. The maximum Gasteiger partial charge on any atom is 0.0557 e. The summed E-state index contributed by atoms with van der Waals surface area (Å²) >= 11 is 2.05. The van der Waals surface area contributed by atoms with E-state index in [0.717, 1.165) is 26.2 Å². The Bertz CT molecular complexity index is 187. The molecule has 1 atom stereocenters. The summed E-state index contributed by atoms with van der Waals surface area (Å²) in [5.74, 6) is 2.53. The Morgan fingerprint density at radius 2 is 2.27 bits per heavy atom. The summed E-state index contributed by atoms with van der Waals surface area (Å²) in [5, 5.41) is 9.51. The minimum atomic E-state index is 0.0367. The third-order valence-electron chi connectivity index (χ3n) is 3.39. The molecule has 2 heterocycles. The van der Waals surface area contributed by atoms with E-state index >= 15 is 0 Å².